The largest absolute Gasteiger partial charge is 0.460 e. The molecular formula is C19H27FO3. The van der Waals surface area contributed by atoms with Crippen molar-refractivity contribution in [2.75, 3.05) is 0 Å². The zero-order valence-electron chi connectivity index (χ0n) is 14.7. The summed E-state index contributed by atoms with van der Waals surface area (Å²) in [6, 6.07) is 4.75. The molecule has 128 valence electrons. The summed E-state index contributed by atoms with van der Waals surface area (Å²) in [6.45, 7) is 8.99. The van der Waals surface area contributed by atoms with Gasteiger partial charge in [0.25, 0.3) is 0 Å². The van der Waals surface area contributed by atoms with E-state index in [-0.39, 0.29) is 18.2 Å². The van der Waals surface area contributed by atoms with Gasteiger partial charge in [-0.1, -0.05) is 6.07 Å². The Morgan fingerprint density at radius 1 is 1.26 bits per heavy atom. The first-order chi connectivity index (χ1) is 10.4. The SMILES string of the molecule is CC(C)(C)OC(=O)C[C@@]1(C(C)(C)O)CCc2cc(F)ccc2C1. The Kier molecular flexibility index (Phi) is 4.60. The smallest absolute Gasteiger partial charge is 0.306 e. The highest BCUT2D eigenvalue weighted by Crippen LogP contribution is 2.46. The molecule has 0 aromatic heterocycles. The van der Waals surface area contributed by atoms with Crippen LogP contribution in [0.1, 0.15) is 58.6 Å². The Bertz CT molecular complexity index is 596. The van der Waals surface area contributed by atoms with E-state index in [1.54, 1.807) is 26.0 Å². The van der Waals surface area contributed by atoms with E-state index in [1.807, 2.05) is 20.8 Å². The van der Waals surface area contributed by atoms with Crippen molar-refractivity contribution >= 4 is 5.97 Å². The maximum atomic E-state index is 13.4. The number of rotatable bonds is 3. The van der Waals surface area contributed by atoms with Gasteiger partial charge in [-0.05, 0) is 77.1 Å². The van der Waals surface area contributed by atoms with Crippen LogP contribution in [-0.4, -0.2) is 22.3 Å². The highest BCUT2D eigenvalue weighted by molar-refractivity contribution is 5.71. The summed E-state index contributed by atoms with van der Waals surface area (Å²) in [5.41, 5.74) is -0.207. The van der Waals surface area contributed by atoms with Crippen LogP contribution in [0.2, 0.25) is 0 Å². The molecule has 0 spiro atoms. The molecule has 1 aromatic carbocycles. The standard InChI is InChI=1S/C19H27FO3/c1-17(2,3)23-16(21)12-19(18(4,5)22)9-8-13-10-15(20)7-6-14(13)11-19/h6-7,10,22H,8-9,11-12H2,1-5H3/t19-/m1/s1. The molecule has 0 saturated carbocycles. The number of aliphatic hydroxyl groups is 1. The van der Waals surface area contributed by atoms with Crippen LogP contribution in [0.25, 0.3) is 0 Å². The van der Waals surface area contributed by atoms with E-state index >= 15 is 0 Å². The van der Waals surface area contributed by atoms with Crippen molar-refractivity contribution in [2.45, 2.75) is 71.5 Å². The van der Waals surface area contributed by atoms with Gasteiger partial charge in [0, 0.05) is 5.41 Å². The summed E-state index contributed by atoms with van der Waals surface area (Å²) < 4.78 is 18.9. The van der Waals surface area contributed by atoms with Gasteiger partial charge in [0.2, 0.25) is 0 Å². The number of hydrogen-bond acceptors (Lipinski definition) is 3. The molecule has 2 rings (SSSR count). The molecule has 0 fully saturated rings. The van der Waals surface area contributed by atoms with Gasteiger partial charge >= 0.3 is 5.97 Å². The number of esters is 1. The second kappa shape index (κ2) is 5.90. The molecule has 1 atom stereocenters. The minimum Gasteiger partial charge on any atom is -0.460 e. The number of benzene rings is 1. The average Bonchev–Trinajstić information content (AvgIpc) is 2.35. The summed E-state index contributed by atoms with van der Waals surface area (Å²) in [5, 5.41) is 10.7. The van der Waals surface area contributed by atoms with E-state index in [2.05, 4.69) is 0 Å². The maximum Gasteiger partial charge on any atom is 0.306 e. The number of halogens is 1. The topological polar surface area (TPSA) is 46.5 Å². The number of ether oxygens (including phenoxy) is 1. The lowest BCUT2D eigenvalue weighted by molar-refractivity contribution is -0.164. The third kappa shape index (κ3) is 4.11. The fourth-order valence-electron chi connectivity index (χ4n) is 3.37. The minimum absolute atomic E-state index is 0.157. The van der Waals surface area contributed by atoms with Crippen molar-refractivity contribution in [1.29, 1.82) is 0 Å². The Morgan fingerprint density at radius 2 is 1.91 bits per heavy atom. The summed E-state index contributed by atoms with van der Waals surface area (Å²) in [6.07, 6.45) is 1.99. The Hall–Kier alpha value is -1.42. The van der Waals surface area contributed by atoms with Crippen molar-refractivity contribution in [2.24, 2.45) is 5.41 Å². The van der Waals surface area contributed by atoms with Crippen molar-refractivity contribution in [3.63, 3.8) is 0 Å². The van der Waals surface area contributed by atoms with Crippen LogP contribution >= 0.6 is 0 Å². The second-order valence-electron chi connectivity index (χ2n) is 8.19. The van der Waals surface area contributed by atoms with E-state index in [0.717, 1.165) is 11.1 Å². The number of fused-ring (bicyclic) bond motifs is 1. The van der Waals surface area contributed by atoms with Crippen molar-refractivity contribution < 1.29 is 19.0 Å². The summed E-state index contributed by atoms with van der Waals surface area (Å²) in [4.78, 5) is 12.4. The Morgan fingerprint density at radius 3 is 2.48 bits per heavy atom. The maximum absolute atomic E-state index is 13.4. The molecule has 1 aromatic rings. The zero-order valence-corrected chi connectivity index (χ0v) is 14.7. The first kappa shape index (κ1) is 17.9. The lowest BCUT2D eigenvalue weighted by Gasteiger charge is -2.46. The molecule has 23 heavy (non-hydrogen) atoms. The Balaban J connectivity index is 2.29. The molecular weight excluding hydrogens is 295 g/mol. The minimum atomic E-state index is -1.03. The van der Waals surface area contributed by atoms with E-state index < -0.39 is 16.6 Å². The lowest BCUT2D eigenvalue weighted by atomic mass is 9.61. The fraction of sp³-hybridized carbons (Fsp3) is 0.632. The van der Waals surface area contributed by atoms with Gasteiger partial charge in [-0.2, -0.15) is 0 Å². The molecule has 0 amide bonds. The number of carbonyl (C=O) groups excluding carboxylic acids is 1. The molecule has 0 heterocycles. The zero-order chi connectivity index (χ0) is 17.5. The van der Waals surface area contributed by atoms with Crippen LogP contribution in [0.4, 0.5) is 4.39 Å². The summed E-state index contributed by atoms with van der Waals surface area (Å²) >= 11 is 0. The van der Waals surface area contributed by atoms with E-state index in [1.165, 1.54) is 6.07 Å². The summed E-state index contributed by atoms with van der Waals surface area (Å²) in [5.74, 6) is -0.545. The monoisotopic (exact) mass is 322 g/mol. The third-order valence-electron chi connectivity index (χ3n) is 4.77. The highest BCUT2D eigenvalue weighted by Gasteiger charge is 2.47. The average molecular weight is 322 g/mol. The third-order valence-corrected chi connectivity index (χ3v) is 4.77. The predicted molar refractivity (Wildman–Crippen MR) is 87.6 cm³/mol. The molecule has 0 radical (unpaired) electrons. The quantitative estimate of drug-likeness (QED) is 0.861. The molecule has 0 saturated heterocycles. The van der Waals surface area contributed by atoms with Crippen molar-refractivity contribution in [1.82, 2.24) is 0 Å². The van der Waals surface area contributed by atoms with Gasteiger partial charge in [0.1, 0.15) is 11.4 Å². The molecule has 3 nitrogen and oxygen atoms in total. The summed E-state index contributed by atoms with van der Waals surface area (Å²) in [7, 11) is 0. The van der Waals surface area contributed by atoms with Crippen molar-refractivity contribution in [3.05, 3.63) is 35.1 Å². The van der Waals surface area contributed by atoms with Gasteiger partial charge in [-0.25, -0.2) is 4.39 Å². The first-order valence-corrected chi connectivity index (χ1v) is 8.13. The second-order valence-corrected chi connectivity index (χ2v) is 8.19. The normalized spacial score (nSPS) is 21.7. The molecule has 1 aliphatic rings. The van der Waals surface area contributed by atoms with Gasteiger partial charge in [-0.3, -0.25) is 4.79 Å². The lowest BCUT2D eigenvalue weighted by Crippen LogP contribution is -2.49. The first-order valence-electron chi connectivity index (χ1n) is 8.13. The number of carbonyl (C=O) groups is 1. The van der Waals surface area contributed by atoms with E-state index in [4.69, 9.17) is 4.74 Å². The van der Waals surface area contributed by atoms with Crippen LogP contribution in [0.5, 0.6) is 0 Å². The molecule has 0 bridgehead atoms. The van der Waals surface area contributed by atoms with E-state index in [0.29, 0.717) is 19.3 Å². The van der Waals surface area contributed by atoms with Crippen LogP contribution < -0.4 is 0 Å². The number of aryl methyl sites for hydroxylation is 1. The molecule has 0 aliphatic heterocycles. The fourth-order valence-corrected chi connectivity index (χ4v) is 3.37. The van der Waals surface area contributed by atoms with E-state index in [9.17, 15) is 14.3 Å². The van der Waals surface area contributed by atoms with Crippen LogP contribution in [-0.2, 0) is 22.4 Å². The van der Waals surface area contributed by atoms with Crippen LogP contribution in [0.3, 0.4) is 0 Å². The molecule has 4 heteroatoms. The Labute approximate surface area is 137 Å². The van der Waals surface area contributed by atoms with Crippen molar-refractivity contribution in [3.8, 4) is 0 Å². The molecule has 0 unspecified atom stereocenters. The van der Waals surface area contributed by atoms with Gasteiger partial charge in [0.15, 0.2) is 0 Å². The predicted octanol–water partition coefficient (Wildman–Crippen LogP) is 3.80. The molecule has 1 N–H and O–H groups in total. The number of hydrogen-bond donors (Lipinski definition) is 1. The molecule has 1 aliphatic carbocycles. The van der Waals surface area contributed by atoms with Gasteiger partial charge in [-0.15, -0.1) is 0 Å². The van der Waals surface area contributed by atoms with Crippen LogP contribution in [0.15, 0.2) is 18.2 Å². The van der Waals surface area contributed by atoms with Gasteiger partial charge in [0.05, 0.1) is 12.0 Å². The highest BCUT2D eigenvalue weighted by atomic mass is 19.1. The van der Waals surface area contributed by atoms with Crippen LogP contribution in [0, 0.1) is 11.2 Å². The van der Waals surface area contributed by atoms with Gasteiger partial charge < -0.3 is 9.84 Å².